The van der Waals surface area contributed by atoms with Crippen LogP contribution in [0.2, 0.25) is 0 Å². The van der Waals surface area contributed by atoms with Gasteiger partial charge in [-0.3, -0.25) is 0 Å². The minimum atomic E-state index is -4.69. The van der Waals surface area contributed by atoms with Crippen molar-refractivity contribution in [3.63, 3.8) is 0 Å². The predicted octanol–water partition coefficient (Wildman–Crippen LogP) is 4.70. The Morgan fingerprint density at radius 1 is 1.00 bits per heavy atom. The highest BCUT2D eigenvalue weighted by molar-refractivity contribution is 5.39. The van der Waals surface area contributed by atoms with Gasteiger partial charge in [0.25, 0.3) is 0 Å². The maximum atomic E-state index is 13.0. The van der Waals surface area contributed by atoms with Crippen molar-refractivity contribution in [2.45, 2.75) is 58.2 Å². The minimum absolute atomic E-state index is 0.0406. The molecular weight excluding hydrogens is 253 g/mol. The van der Waals surface area contributed by atoms with Crippen molar-refractivity contribution in [3.05, 3.63) is 34.9 Å². The van der Waals surface area contributed by atoms with E-state index >= 15 is 0 Å². The van der Waals surface area contributed by atoms with Gasteiger partial charge in [-0.2, -0.15) is 13.2 Å². The first kappa shape index (κ1) is 16.0. The van der Waals surface area contributed by atoms with Crippen LogP contribution in [0.5, 0.6) is 0 Å². The largest absolute Gasteiger partial charge is 0.421 e. The molecule has 4 heteroatoms. The van der Waals surface area contributed by atoms with Crippen molar-refractivity contribution < 1.29 is 18.3 Å². The van der Waals surface area contributed by atoms with Crippen molar-refractivity contribution in [2.75, 3.05) is 0 Å². The van der Waals surface area contributed by atoms with E-state index in [1.54, 1.807) is 6.07 Å². The average molecular weight is 274 g/mol. The molecule has 0 aromatic heterocycles. The fourth-order valence-corrected chi connectivity index (χ4v) is 2.01. The molecular formula is C15H21F3O. The van der Waals surface area contributed by atoms with Crippen LogP contribution >= 0.6 is 0 Å². The maximum absolute atomic E-state index is 13.0. The summed E-state index contributed by atoms with van der Waals surface area (Å²) in [6, 6.07) is 5.00. The van der Waals surface area contributed by atoms with Crippen LogP contribution < -0.4 is 0 Å². The Labute approximate surface area is 112 Å². The fraction of sp³-hybridized carbons (Fsp3) is 0.600. The first-order chi connectivity index (χ1) is 8.48. The molecule has 0 spiro atoms. The Hall–Kier alpha value is -1.03. The van der Waals surface area contributed by atoms with Gasteiger partial charge in [0, 0.05) is 0 Å². The van der Waals surface area contributed by atoms with Crippen molar-refractivity contribution in [1.82, 2.24) is 0 Å². The van der Waals surface area contributed by atoms with Gasteiger partial charge in [-0.05, 0) is 35.4 Å². The van der Waals surface area contributed by atoms with E-state index in [-0.39, 0.29) is 17.4 Å². The van der Waals surface area contributed by atoms with Gasteiger partial charge in [-0.1, -0.05) is 45.9 Å². The summed E-state index contributed by atoms with van der Waals surface area (Å²) in [5.41, 5.74) is -1.53. The number of benzene rings is 1. The third kappa shape index (κ3) is 3.11. The van der Waals surface area contributed by atoms with E-state index in [2.05, 4.69) is 0 Å². The van der Waals surface area contributed by atoms with Gasteiger partial charge >= 0.3 is 6.18 Å². The molecule has 1 unspecified atom stereocenters. The molecule has 0 heterocycles. The van der Waals surface area contributed by atoms with Crippen LogP contribution in [0.1, 0.15) is 63.1 Å². The van der Waals surface area contributed by atoms with Crippen molar-refractivity contribution >= 4 is 0 Å². The van der Waals surface area contributed by atoms with Gasteiger partial charge in [-0.15, -0.1) is 0 Å². The standard InChI is InChI=1S/C15H21F3O/c1-9(2)11-6-7-12(10(3)4)13(8-11)14(5,19)15(16,17)18/h6-10,19H,1-5H3. The Kier molecular flexibility index (Phi) is 4.35. The highest BCUT2D eigenvalue weighted by Gasteiger charge is 2.52. The molecule has 1 atom stereocenters. The molecule has 0 saturated heterocycles. The molecule has 19 heavy (non-hydrogen) atoms. The molecule has 1 aromatic rings. The zero-order valence-electron chi connectivity index (χ0n) is 12.0. The molecule has 108 valence electrons. The average Bonchev–Trinajstić information content (AvgIpc) is 2.26. The molecule has 0 aliphatic heterocycles. The van der Waals surface area contributed by atoms with Gasteiger partial charge in [0.1, 0.15) is 0 Å². The monoisotopic (exact) mass is 274 g/mol. The molecule has 0 aliphatic carbocycles. The summed E-state index contributed by atoms with van der Waals surface area (Å²) in [6.07, 6.45) is -4.69. The Balaban J connectivity index is 3.49. The predicted molar refractivity (Wildman–Crippen MR) is 70.2 cm³/mol. The van der Waals surface area contributed by atoms with E-state index in [0.29, 0.717) is 5.56 Å². The van der Waals surface area contributed by atoms with Crippen LogP contribution in [-0.2, 0) is 5.60 Å². The van der Waals surface area contributed by atoms with E-state index in [9.17, 15) is 18.3 Å². The fourth-order valence-electron chi connectivity index (χ4n) is 2.01. The number of alkyl halides is 3. The van der Waals surface area contributed by atoms with Gasteiger partial charge in [0.05, 0.1) is 0 Å². The zero-order valence-corrected chi connectivity index (χ0v) is 12.0. The van der Waals surface area contributed by atoms with E-state index in [4.69, 9.17) is 0 Å². The summed E-state index contributed by atoms with van der Waals surface area (Å²) in [6.45, 7) is 8.28. The number of halogens is 3. The second-order valence-corrected chi connectivity index (χ2v) is 5.73. The number of aliphatic hydroxyl groups is 1. The highest BCUT2D eigenvalue weighted by Crippen LogP contribution is 2.42. The molecule has 0 saturated carbocycles. The molecule has 0 aliphatic rings. The summed E-state index contributed by atoms with van der Waals surface area (Å²) in [4.78, 5) is 0. The lowest BCUT2D eigenvalue weighted by atomic mass is 9.83. The molecule has 0 radical (unpaired) electrons. The van der Waals surface area contributed by atoms with E-state index in [0.717, 1.165) is 12.5 Å². The van der Waals surface area contributed by atoms with Crippen LogP contribution in [0.15, 0.2) is 18.2 Å². The Morgan fingerprint density at radius 3 is 1.89 bits per heavy atom. The quantitative estimate of drug-likeness (QED) is 0.846. The summed E-state index contributed by atoms with van der Waals surface area (Å²) in [5, 5.41) is 9.93. The van der Waals surface area contributed by atoms with Crippen LogP contribution in [0.3, 0.4) is 0 Å². The number of hydrogen-bond donors (Lipinski definition) is 1. The number of hydrogen-bond acceptors (Lipinski definition) is 1. The van der Waals surface area contributed by atoms with Gasteiger partial charge < -0.3 is 5.11 Å². The normalized spacial score (nSPS) is 15.9. The smallest absolute Gasteiger partial charge is 0.376 e. The van der Waals surface area contributed by atoms with Crippen LogP contribution in [0.4, 0.5) is 13.2 Å². The van der Waals surface area contributed by atoms with Crippen LogP contribution in [-0.4, -0.2) is 11.3 Å². The van der Waals surface area contributed by atoms with Crippen molar-refractivity contribution in [1.29, 1.82) is 0 Å². The first-order valence-electron chi connectivity index (χ1n) is 6.42. The van der Waals surface area contributed by atoms with Gasteiger partial charge in [0.2, 0.25) is 0 Å². The second kappa shape index (κ2) is 5.16. The SMILES string of the molecule is CC(C)c1ccc(C(C)C)c(C(C)(O)C(F)(F)F)c1. The lowest BCUT2D eigenvalue weighted by Crippen LogP contribution is -2.40. The third-order valence-corrected chi connectivity index (χ3v) is 3.44. The Morgan fingerprint density at radius 2 is 1.53 bits per heavy atom. The molecule has 0 bridgehead atoms. The minimum Gasteiger partial charge on any atom is -0.376 e. The van der Waals surface area contributed by atoms with E-state index < -0.39 is 11.8 Å². The van der Waals surface area contributed by atoms with Crippen LogP contribution in [0.25, 0.3) is 0 Å². The van der Waals surface area contributed by atoms with Gasteiger partial charge in [0.15, 0.2) is 5.60 Å². The van der Waals surface area contributed by atoms with Crippen molar-refractivity contribution in [2.24, 2.45) is 0 Å². The highest BCUT2D eigenvalue weighted by atomic mass is 19.4. The van der Waals surface area contributed by atoms with Gasteiger partial charge in [-0.25, -0.2) is 0 Å². The zero-order chi connectivity index (χ0) is 15.0. The molecule has 1 nitrogen and oxygen atoms in total. The van der Waals surface area contributed by atoms with E-state index in [1.807, 2.05) is 33.8 Å². The Bertz CT molecular complexity index is 445. The topological polar surface area (TPSA) is 20.2 Å². The molecule has 0 fully saturated rings. The maximum Gasteiger partial charge on any atom is 0.421 e. The van der Waals surface area contributed by atoms with Crippen molar-refractivity contribution in [3.8, 4) is 0 Å². The molecule has 1 aromatic carbocycles. The first-order valence-corrected chi connectivity index (χ1v) is 6.42. The summed E-state index contributed by atoms with van der Waals surface area (Å²) >= 11 is 0. The molecule has 0 amide bonds. The lowest BCUT2D eigenvalue weighted by Gasteiger charge is -2.30. The molecule has 1 N–H and O–H groups in total. The second-order valence-electron chi connectivity index (χ2n) is 5.73. The van der Waals surface area contributed by atoms with Crippen LogP contribution in [0, 0.1) is 0 Å². The summed E-state index contributed by atoms with van der Waals surface area (Å²) in [5.74, 6) is 0.0361. The van der Waals surface area contributed by atoms with E-state index in [1.165, 1.54) is 6.07 Å². The molecule has 1 rings (SSSR count). The summed E-state index contributed by atoms with van der Waals surface area (Å²) < 4.78 is 39.1. The third-order valence-electron chi connectivity index (χ3n) is 3.44. The lowest BCUT2D eigenvalue weighted by molar-refractivity contribution is -0.259. The summed E-state index contributed by atoms with van der Waals surface area (Å²) in [7, 11) is 0. The number of rotatable bonds is 3.